The zero-order valence-electron chi connectivity index (χ0n) is 9.08. The van der Waals surface area contributed by atoms with E-state index in [-0.39, 0.29) is 0 Å². The maximum Gasteiger partial charge on any atom is 0.165 e. The predicted octanol–water partition coefficient (Wildman–Crippen LogP) is 3.04. The maximum absolute atomic E-state index is 9.31. The van der Waals surface area contributed by atoms with Gasteiger partial charge in [-0.15, -0.1) is 0 Å². The van der Waals surface area contributed by atoms with Gasteiger partial charge in [0.15, 0.2) is 6.10 Å². The van der Waals surface area contributed by atoms with E-state index in [2.05, 4.69) is 0 Å². The highest BCUT2D eigenvalue weighted by Crippen LogP contribution is 2.22. The molecule has 0 aliphatic carbocycles. The van der Waals surface area contributed by atoms with Crippen molar-refractivity contribution in [3.63, 3.8) is 0 Å². The van der Waals surface area contributed by atoms with Crippen LogP contribution in [-0.4, -0.2) is 5.11 Å². The Morgan fingerprint density at radius 1 is 0.941 bits per heavy atom. The minimum atomic E-state index is -1.08. The Labute approximate surface area is 99.5 Å². The Bertz CT molecular complexity index is 514. The molecule has 0 saturated heterocycles. The number of nitriles is 1. The number of nitrogens with zero attached hydrogens (tertiary/aromatic N) is 1. The fraction of sp³-hybridized carbons (Fsp3) is 0.0714. The van der Waals surface area contributed by atoms with Crippen LogP contribution in [0.5, 0.6) is 11.5 Å². The molecule has 1 atom stereocenters. The van der Waals surface area contributed by atoms with Gasteiger partial charge in [-0.2, -0.15) is 5.26 Å². The van der Waals surface area contributed by atoms with Gasteiger partial charge in [0.1, 0.15) is 11.5 Å². The van der Waals surface area contributed by atoms with Gasteiger partial charge < -0.3 is 9.84 Å². The fourth-order valence-electron chi connectivity index (χ4n) is 1.42. The molecule has 1 N–H and O–H groups in total. The van der Waals surface area contributed by atoms with Crippen LogP contribution >= 0.6 is 0 Å². The minimum Gasteiger partial charge on any atom is -0.457 e. The topological polar surface area (TPSA) is 53.2 Å². The molecule has 0 saturated carbocycles. The van der Waals surface area contributed by atoms with Crippen LogP contribution in [0.25, 0.3) is 0 Å². The Hall–Kier alpha value is -2.31. The molecule has 84 valence electrons. The number of aliphatic hydroxyl groups excluding tert-OH is 1. The SMILES string of the molecule is N#CC(O)c1ccc(Oc2ccccc2)cc1. The van der Waals surface area contributed by atoms with Gasteiger partial charge in [0.05, 0.1) is 6.07 Å². The number of rotatable bonds is 3. The number of hydrogen-bond acceptors (Lipinski definition) is 3. The number of aliphatic hydroxyl groups is 1. The molecule has 2 aromatic rings. The molecule has 0 aromatic heterocycles. The summed E-state index contributed by atoms with van der Waals surface area (Å²) in [6, 6.07) is 18.0. The van der Waals surface area contributed by atoms with E-state index in [1.165, 1.54) is 0 Å². The van der Waals surface area contributed by atoms with Gasteiger partial charge in [0.25, 0.3) is 0 Å². The summed E-state index contributed by atoms with van der Waals surface area (Å²) in [7, 11) is 0. The third-order valence-corrected chi connectivity index (χ3v) is 2.30. The molecule has 0 fully saturated rings. The highest BCUT2D eigenvalue weighted by molar-refractivity contribution is 5.34. The van der Waals surface area contributed by atoms with Crippen molar-refractivity contribution in [2.24, 2.45) is 0 Å². The second kappa shape index (κ2) is 5.15. The smallest absolute Gasteiger partial charge is 0.165 e. The van der Waals surface area contributed by atoms with Crippen LogP contribution in [0.4, 0.5) is 0 Å². The third-order valence-electron chi connectivity index (χ3n) is 2.30. The lowest BCUT2D eigenvalue weighted by atomic mass is 10.1. The van der Waals surface area contributed by atoms with Crippen LogP contribution in [0.2, 0.25) is 0 Å². The Morgan fingerprint density at radius 3 is 2.12 bits per heavy atom. The average molecular weight is 225 g/mol. The van der Waals surface area contributed by atoms with Gasteiger partial charge >= 0.3 is 0 Å². The molecule has 0 amide bonds. The highest BCUT2D eigenvalue weighted by Gasteiger charge is 2.05. The molecule has 0 spiro atoms. The normalized spacial score (nSPS) is 11.5. The van der Waals surface area contributed by atoms with Crippen LogP contribution in [0, 0.1) is 11.3 Å². The Kier molecular flexibility index (Phi) is 3.39. The lowest BCUT2D eigenvalue weighted by Gasteiger charge is -2.07. The van der Waals surface area contributed by atoms with Crippen LogP contribution in [0.15, 0.2) is 54.6 Å². The number of ether oxygens (including phenoxy) is 1. The predicted molar refractivity (Wildman–Crippen MR) is 63.5 cm³/mol. The lowest BCUT2D eigenvalue weighted by Crippen LogP contribution is -1.92. The van der Waals surface area contributed by atoms with Gasteiger partial charge in [0.2, 0.25) is 0 Å². The van der Waals surface area contributed by atoms with Crippen molar-refractivity contribution >= 4 is 0 Å². The van der Waals surface area contributed by atoms with Crippen LogP contribution in [0.1, 0.15) is 11.7 Å². The zero-order chi connectivity index (χ0) is 12.1. The van der Waals surface area contributed by atoms with Crippen LogP contribution in [-0.2, 0) is 0 Å². The van der Waals surface area contributed by atoms with E-state index >= 15 is 0 Å². The summed E-state index contributed by atoms with van der Waals surface area (Å²) in [4.78, 5) is 0. The van der Waals surface area contributed by atoms with E-state index in [0.29, 0.717) is 11.3 Å². The van der Waals surface area contributed by atoms with E-state index in [0.717, 1.165) is 5.75 Å². The van der Waals surface area contributed by atoms with Crippen molar-refractivity contribution in [1.29, 1.82) is 5.26 Å². The Balaban J connectivity index is 2.12. The summed E-state index contributed by atoms with van der Waals surface area (Å²) in [5, 5.41) is 17.9. The molecule has 3 heteroatoms. The van der Waals surface area contributed by atoms with E-state index in [9.17, 15) is 5.11 Å². The summed E-state index contributed by atoms with van der Waals surface area (Å²) in [5.41, 5.74) is 0.563. The molecule has 0 radical (unpaired) electrons. The van der Waals surface area contributed by atoms with Crippen molar-refractivity contribution in [3.05, 3.63) is 60.2 Å². The van der Waals surface area contributed by atoms with Crippen molar-refractivity contribution in [3.8, 4) is 17.6 Å². The quantitative estimate of drug-likeness (QED) is 0.817. The van der Waals surface area contributed by atoms with Crippen molar-refractivity contribution in [2.45, 2.75) is 6.10 Å². The summed E-state index contributed by atoms with van der Waals surface area (Å²) < 4.78 is 5.58. The monoisotopic (exact) mass is 225 g/mol. The van der Waals surface area contributed by atoms with Gasteiger partial charge in [-0.1, -0.05) is 30.3 Å². The number of hydrogen-bond donors (Lipinski definition) is 1. The van der Waals surface area contributed by atoms with E-state index in [1.54, 1.807) is 30.3 Å². The molecule has 0 aliphatic heterocycles. The summed E-state index contributed by atoms with van der Waals surface area (Å²) in [6.07, 6.45) is -1.08. The van der Waals surface area contributed by atoms with Crippen molar-refractivity contribution in [1.82, 2.24) is 0 Å². The van der Waals surface area contributed by atoms with E-state index in [1.807, 2.05) is 30.3 Å². The summed E-state index contributed by atoms with van der Waals surface area (Å²) >= 11 is 0. The van der Waals surface area contributed by atoms with E-state index < -0.39 is 6.10 Å². The van der Waals surface area contributed by atoms with Gasteiger partial charge in [0, 0.05) is 0 Å². The largest absolute Gasteiger partial charge is 0.457 e. The van der Waals surface area contributed by atoms with Crippen molar-refractivity contribution < 1.29 is 9.84 Å². The van der Waals surface area contributed by atoms with E-state index in [4.69, 9.17) is 10.00 Å². The molecule has 3 nitrogen and oxygen atoms in total. The maximum atomic E-state index is 9.31. The van der Waals surface area contributed by atoms with Crippen molar-refractivity contribution in [2.75, 3.05) is 0 Å². The molecule has 0 aliphatic rings. The summed E-state index contributed by atoms with van der Waals surface area (Å²) in [5.74, 6) is 1.42. The molecular weight excluding hydrogens is 214 g/mol. The van der Waals surface area contributed by atoms with Gasteiger partial charge in [-0.3, -0.25) is 0 Å². The highest BCUT2D eigenvalue weighted by atomic mass is 16.5. The second-order valence-electron chi connectivity index (χ2n) is 3.52. The standard InChI is InChI=1S/C14H11NO2/c15-10-14(16)11-6-8-13(9-7-11)17-12-4-2-1-3-5-12/h1-9,14,16H. The van der Waals surface area contributed by atoms with Gasteiger partial charge in [-0.05, 0) is 29.8 Å². The lowest BCUT2D eigenvalue weighted by molar-refractivity contribution is 0.236. The fourth-order valence-corrected chi connectivity index (χ4v) is 1.42. The Morgan fingerprint density at radius 2 is 1.53 bits per heavy atom. The average Bonchev–Trinajstić information content (AvgIpc) is 2.40. The molecule has 0 bridgehead atoms. The zero-order valence-corrected chi connectivity index (χ0v) is 9.08. The number of para-hydroxylation sites is 1. The molecule has 2 aromatic carbocycles. The minimum absolute atomic E-state index is 0.563. The summed E-state index contributed by atoms with van der Waals surface area (Å²) in [6.45, 7) is 0. The first-order valence-corrected chi connectivity index (χ1v) is 5.20. The molecular formula is C14H11NO2. The number of benzene rings is 2. The second-order valence-corrected chi connectivity index (χ2v) is 3.52. The molecule has 17 heavy (non-hydrogen) atoms. The van der Waals surface area contributed by atoms with Crippen LogP contribution < -0.4 is 4.74 Å². The first-order valence-electron chi connectivity index (χ1n) is 5.20. The van der Waals surface area contributed by atoms with Gasteiger partial charge in [-0.25, -0.2) is 0 Å². The third kappa shape index (κ3) is 2.83. The van der Waals surface area contributed by atoms with Crippen LogP contribution in [0.3, 0.4) is 0 Å². The first-order chi connectivity index (χ1) is 8.29. The molecule has 2 rings (SSSR count). The first kappa shape index (κ1) is 11.2. The molecule has 0 heterocycles. The molecule has 1 unspecified atom stereocenters.